The van der Waals surface area contributed by atoms with Crippen LogP contribution in [0.15, 0.2) is 48.5 Å². The Morgan fingerprint density at radius 1 is 1.10 bits per heavy atom. The molecule has 0 spiro atoms. The van der Waals surface area contributed by atoms with Gasteiger partial charge in [0, 0.05) is 23.4 Å². The van der Waals surface area contributed by atoms with Gasteiger partial charge in [0.1, 0.15) is 5.75 Å². The van der Waals surface area contributed by atoms with Gasteiger partial charge in [-0.1, -0.05) is 30.7 Å². The molecule has 1 heterocycles. The van der Waals surface area contributed by atoms with Gasteiger partial charge in [0.15, 0.2) is 0 Å². The van der Waals surface area contributed by atoms with E-state index in [0.717, 1.165) is 43.5 Å². The van der Waals surface area contributed by atoms with Crippen LogP contribution in [0, 0.1) is 0 Å². The quantitative estimate of drug-likeness (QED) is 0.671. The van der Waals surface area contributed by atoms with Gasteiger partial charge in [-0.25, -0.2) is 8.42 Å². The summed E-state index contributed by atoms with van der Waals surface area (Å²) in [6.45, 7) is 2.39. The Morgan fingerprint density at radius 3 is 2.53 bits per heavy atom. The van der Waals surface area contributed by atoms with Gasteiger partial charge in [-0.2, -0.15) is 0 Å². The molecule has 1 unspecified atom stereocenters. The number of rotatable bonds is 8. The zero-order valence-corrected chi connectivity index (χ0v) is 18.2. The monoisotopic (exact) mass is 431 g/mol. The predicted molar refractivity (Wildman–Crippen MR) is 118 cm³/mol. The number of likely N-dealkylation sites (tertiary alicyclic amines) is 1. The van der Waals surface area contributed by atoms with Gasteiger partial charge in [-0.3, -0.25) is 14.4 Å². The van der Waals surface area contributed by atoms with Gasteiger partial charge in [0.25, 0.3) is 5.91 Å². The Bertz CT molecular complexity index is 972. The van der Waals surface area contributed by atoms with Crippen molar-refractivity contribution in [3.63, 3.8) is 0 Å². The molecule has 1 saturated heterocycles. The Hall–Kier alpha value is -2.58. The third-order valence-electron chi connectivity index (χ3n) is 5.21. The van der Waals surface area contributed by atoms with Crippen LogP contribution in [0.3, 0.4) is 0 Å². The molecule has 0 saturated carbocycles. The first-order chi connectivity index (χ1) is 14.4. The van der Waals surface area contributed by atoms with E-state index in [9.17, 15) is 13.2 Å². The largest absolute Gasteiger partial charge is 0.496 e. The van der Waals surface area contributed by atoms with E-state index in [4.69, 9.17) is 4.74 Å². The predicted octanol–water partition coefficient (Wildman–Crippen LogP) is 3.02. The molecule has 1 atom stereocenters. The molecule has 1 aliphatic heterocycles. The number of ether oxygens (including phenoxy) is 1. The highest BCUT2D eigenvalue weighted by Gasteiger charge is 2.25. The van der Waals surface area contributed by atoms with Crippen LogP contribution in [-0.4, -0.2) is 52.2 Å². The SMILES string of the molecule is COc1ccccc1C(CNC(=O)c1cccc(NS(C)(=O)=O)c1)N1CCCCC1. The van der Waals surface area contributed by atoms with Gasteiger partial charge in [-0.15, -0.1) is 0 Å². The Kier molecular flexibility index (Phi) is 7.33. The fourth-order valence-corrected chi connectivity index (χ4v) is 4.39. The van der Waals surface area contributed by atoms with Crippen molar-refractivity contribution >= 4 is 21.6 Å². The molecule has 2 aromatic carbocycles. The van der Waals surface area contributed by atoms with E-state index in [-0.39, 0.29) is 11.9 Å². The maximum absolute atomic E-state index is 12.8. The fraction of sp³-hybridized carbons (Fsp3) is 0.409. The maximum atomic E-state index is 12.8. The van der Waals surface area contributed by atoms with Gasteiger partial charge in [-0.05, 0) is 50.2 Å². The molecule has 1 aliphatic rings. The summed E-state index contributed by atoms with van der Waals surface area (Å²) >= 11 is 0. The number of hydrogen-bond donors (Lipinski definition) is 2. The average Bonchev–Trinajstić information content (AvgIpc) is 2.74. The number of hydrogen-bond acceptors (Lipinski definition) is 5. The molecule has 1 fully saturated rings. The lowest BCUT2D eigenvalue weighted by molar-refractivity contribution is 0.0923. The van der Waals surface area contributed by atoms with Crippen molar-refractivity contribution in [1.82, 2.24) is 10.2 Å². The molecule has 0 aromatic heterocycles. The van der Waals surface area contributed by atoms with E-state index in [2.05, 4.69) is 14.9 Å². The number of piperidine rings is 1. The van der Waals surface area contributed by atoms with Crippen molar-refractivity contribution in [3.8, 4) is 5.75 Å². The first kappa shape index (κ1) is 22.1. The maximum Gasteiger partial charge on any atom is 0.251 e. The van der Waals surface area contributed by atoms with Crippen molar-refractivity contribution in [1.29, 1.82) is 0 Å². The minimum atomic E-state index is -3.41. The van der Waals surface area contributed by atoms with Crippen molar-refractivity contribution < 1.29 is 17.9 Å². The molecule has 7 nitrogen and oxygen atoms in total. The molecule has 0 aliphatic carbocycles. The molecule has 1 amide bonds. The van der Waals surface area contributed by atoms with E-state index in [1.807, 2.05) is 24.3 Å². The summed E-state index contributed by atoms with van der Waals surface area (Å²) in [6.07, 6.45) is 4.58. The van der Waals surface area contributed by atoms with Crippen LogP contribution >= 0.6 is 0 Å². The number of sulfonamides is 1. The minimum Gasteiger partial charge on any atom is -0.496 e. The summed E-state index contributed by atoms with van der Waals surface area (Å²) in [5.41, 5.74) is 1.82. The van der Waals surface area contributed by atoms with Gasteiger partial charge in [0.2, 0.25) is 10.0 Å². The summed E-state index contributed by atoms with van der Waals surface area (Å²) in [5.74, 6) is 0.561. The third kappa shape index (κ3) is 5.96. The lowest BCUT2D eigenvalue weighted by Gasteiger charge is -2.35. The number of carbonyl (C=O) groups excluding carboxylic acids is 1. The summed E-state index contributed by atoms with van der Waals surface area (Å²) in [4.78, 5) is 15.2. The fourth-order valence-electron chi connectivity index (χ4n) is 3.84. The molecular weight excluding hydrogens is 402 g/mol. The first-order valence-electron chi connectivity index (χ1n) is 10.1. The zero-order valence-electron chi connectivity index (χ0n) is 17.4. The molecule has 3 rings (SSSR count). The van der Waals surface area contributed by atoms with E-state index in [1.165, 1.54) is 12.5 Å². The number of benzene rings is 2. The third-order valence-corrected chi connectivity index (χ3v) is 5.82. The summed E-state index contributed by atoms with van der Waals surface area (Å²) < 4.78 is 30.9. The Morgan fingerprint density at radius 2 is 1.83 bits per heavy atom. The highest BCUT2D eigenvalue weighted by atomic mass is 32.2. The normalized spacial score (nSPS) is 15.9. The standard InChI is InChI=1S/C22H29N3O4S/c1-29-21-12-5-4-11-19(21)20(25-13-6-3-7-14-25)16-23-22(26)17-9-8-10-18(15-17)24-30(2,27)28/h4-5,8-12,15,20,24H,3,6-7,13-14,16H2,1-2H3,(H,23,26). The van der Waals surface area contributed by atoms with Gasteiger partial charge >= 0.3 is 0 Å². The van der Waals surface area contributed by atoms with Crippen LogP contribution in [0.25, 0.3) is 0 Å². The Balaban J connectivity index is 1.77. The molecule has 2 aromatic rings. The van der Waals surface area contributed by atoms with Crippen LogP contribution in [0.1, 0.15) is 41.2 Å². The van der Waals surface area contributed by atoms with E-state index >= 15 is 0 Å². The lowest BCUT2D eigenvalue weighted by Crippen LogP contribution is -2.40. The highest BCUT2D eigenvalue weighted by molar-refractivity contribution is 7.92. The molecule has 0 bridgehead atoms. The molecule has 30 heavy (non-hydrogen) atoms. The van der Waals surface area contributed by atoms with Gasteiger partial charge in [0.05, 0.1) is 19.4 Å². The average molecular weight is 432 g/mol. The van der Waals surface area contributed by atoms with Crippen LogP contribution < -0.4 is 14.8 Å². The van der Waals surface area contributed by atoms with Crippen LogP contribution in [0.2, 0.25) is 0 Å². The number of carbonyl (C=O) groups is 1. The van der Waals surface area contributed by atoms with Crippen LogP contribution in [0.4, 0.5) is 5.69 Å². The number of amides is 1. The molecule has 0 radical (unpaired) electrons. The van der Waals surface area contributed by atoms with Crippen LogP contribution in [0.5, 0.6) is 5.75 Å². The first-order valence-corrected chi connectivity index (χ1v) is 12.0. The number of para-hydroxylation sites is 1. The summed E-state index contributed by atoms with van der Waals surface area (Å²) in [6, 6.07) is 14.4. The van der Waals surface area contributed by atoms with Crippen molar-refractivity contribution in [2.75, 3.05) is 37.7 Å². The van der Waals surface area contributed by atoms with Crippen LogP contribution in [-0.2, 0) is 10.0 Å². The number of nitrogens with zero attached hydrogens (tertiary/aromatic N) is 1. The second kappa shape index (κ2) is 9.95. The molecule has 2 N–H and O–H groups in total. The second-order valence-electron chi connectivity index (χ2n) is 7.52. The zero-order chi connectivity index (χ0) is 21.6. The highest BCUT2D eigenvalue weighted by Crippen LogP contribution is 2.31. The molecule has 8 heteroatoms. The topological polar surface area (TPSA) is 87.7 Å². The van der Waals surface area contributed by atoms with E-state index < -0.39 is 10.0 Å². The number of nitrogens with one attached hydrogen (secondary N) is 2. The molecule has 162 valence electrons. The van der Waals surface area contributed by atoms with Crippen molar-refractivity contribution in [2.45, 2.75) is 25.3 Å². The smallest absolute Gasteiger partial charge is 0.251 e. The number of methoxy groups -OCH3 is 1. The summed E-state index contributed by atoms with van der Waals surface area (Å²) in [5, 5.41) is 3.02. The van der Waals surface area contributed by atoms with Crippen molar-refractivity contribution in [3.05, 3.63) is 59.7 Å². The van der Waals surface area contributed by atoms with Gasteiger partial charge < -0.3 is 10.1 Å². The second-order valence-corrected chi connectivity index (χ2v) is 9.27. The Labute approximate surface area is 178 Å². The lowest BCUT2D eigenvalue weighted by atomic mass is 10.0. The number of anilines is 1. The minimum absolute atomic E-state index is 0.00253. The van der Waals surface area contributed by atoms with Crippen molar-refractivity contribution in [2.24, 2.45) is 0 Å². The summed E-state index contributed by atoms with van der Waals surface area (Å²) in [7, 11) is -1.75. The van der Waals surface area contributed by atoms with E-state index in [1.54, 1.807) is 25.3 Å². The van der Waals surface area contributed by atoms with E-state index in [0.29, 0.717) is 17.8 Å². The molecular formula is C22H29N3O4S.